The summed E-state index contributed by atoms with van der Waals surface area (Å²) in [5, 5.41) is 13.1. The Morgan fingerprint density at radius 3 is 2.78 bits per heavy atom. The summed E-state index contributed by atoms with van der Waals surface area (Å²) in [6, 6.07) is 10.2. The second-order valence-corrected chi connectivity index (χ2v) is 3.94. The molecule has 0 unspecified atom stereocenters. The molecule has 18 heavy (non-hydrogen) atoms. The van der Waals surface area contributed by atoms with E-state index in [1.54, 1.807) is 19.5 Å². The molecule has 2 aromatic heterocycles. The molecule has 0 N–H and O–H groups in total. The predicted octanol–water partition coefficient (Wildman–Crippen LogP) is 1.88. The van der Waals surface area contributed by atoms with E-state index >= 15 is 0 Å². The first-order valence-electron chi connectivity index (χ1n) is 5.63. The lowest BCUT2D eigenvalue weighted by molar-refractivity contribution is 0.398. The summed E-state index contributed by atoms with van der Waals surface area (Å²) >= 11 is 0. The molecule has 0 aliphatic rings. The second kappa shape index (κ2) is 4.44. The third-order valence-corrected chi connectivity index (χ3v) is 2.81. The topological polar surface area (TPSA) is 52.8 Å². The highest BCUT2D eigenvalue weighted by Gasteiger charge is 2.09. The number of benzene rings is 1. The number of methoxy groups -OCH3 is 1. The molecule has 0 saturated heterocycles. The molecule has 0 radical (unpaired) electrons. The molecule has 0 fully saturated rings. The van der Waals surface area contributed by atoms with Crippen LogP contribution in [0, 0.1) is 0 Å². The van der Waals surface area contributed by atoms with Crippen molar-refractivity contribution in [2.24, 2.45) is 0 Å². The number of hydrogen-bond donors (Lipinski definition) is 0. The van der Waals surface area contributed by atoms with Crippen LogP contribution in [0.25, 0.3) is 10.9 Å². The highest BCUT2D eigenvalue weighted by atomic mass is 16.5. The molecule has 0 saturated carbocycles. The summed E-state index contributed by atoms with van der Waals surface area (Å²) in [6.07, 6.45) is 3.46. The molecular formula is C13H12N4O. The van der Waals surface area contributed by atoms with Crippen molar-refractivity contribution in [1.29, 1.82) is 0 Å². The maximum Gasteiger partial charge on any atom is 0.244 e. The van der Waals surface area contributed by atoms with E-state index in [2.05, 4.69) is 27.4 Å². The van der Waals surface area contributed by atoms with Gasteiger partial charge in [0.25, 0.3) is 0 Å². The van der Waals surface area contributed by atoms with Gasteiger partial charge in [0.15, 0.2) is 0 Å². The van der Waals surface area contributed by atoms with E-state index in [0.29, 0.717) is 12.4 Å². The standard InChI is InChI=1S/C13H12N4O/c1-18-13-11-7-15-17(12(11)8-14-16-13)9-10-5-3-2-4-6-10/h2-8H,9H2,1H3. The van der Waals surface area contributed by atoms with Gasteiger partial charge in [-0.05, 0) is 5.56 Å². The molecule has 0 atom stereocenters. The minimum absolute atomic E-state index is 0.506. The Morgan fingerprint density at radius 1 is 1.17 bits per heavy atom. The number of aromatic nitrogens is 4. The first kappa shape index (κ1) is 10.7. The third-order valence-electron chi connectivity index (χ3n) is 2.81. The van der Waals surface area contributed by atoms with E-state index in [1.807, 2.05) is 22.9 Å². The largest absolute Gasteiger partial charge is 0.479 e. The van der Waals surface area contributed by atoms with E-state index in [0.717, 1.165) is 10.9 Å². The molecule has 3 rings (SSSR count). The Bertz CT molecular complexity index is 663. The minimum Gasteiger partial charge on any atom is -0.479 e. The lowest BCUT2D eigenvalue weighted by Crippen LogP contribution is -2.01. The Morgan fingerprint density at radius 2 is 2.00 bits per heavy atom. The van der Waals surface area contributed by atoms with Gasteiger partial charge in [-0.1, -0.05) is 30.3 Å². The van der Waals surface area contributed by atoms with Crippen molar-refractivity contribution in [3.05, 3.63) is 48.3 Å². The first-order chi connectivity index (χ1) is 8.88. The van der Waals surface area contributed by atoms with Gasteiger partial charge in [-0.2, -0.15) is 10.2 Å². The van der Waals surface area contributed by atoms with Gasteiger partial charge >= 0.3 is 0 Å². The molecule has 5 nitrogen and oxygen atoms in total. The van der Waals surface area contributed by atoms with Gasteiger partial charge in [-0.3, -0.25) is 4.68 Å². The van der Waals surface area contributed by atoms with E-state index < -0.39 is 0 Å². The van der Waals surface area contributed by atoms with Crippen molar-refractivity contribution in [1.82, 2.24) is 20.0 Å². The van der Waals surface area contributed by atoms with Crippen molar-refractivity contribution >= 4 is 10.9 Å². The molecule has 0 amide bonds. The van der Waals surface area contributed by atoms with Crippen LogP contribution in [0.2, 0.25) is 0 Å². The summed E-state index contributed by atoms with van der Waals surface area (Å²) in [7, 11) is 1.58. The molecule has 0 aliphatic carbocycles. The van der Waals surface area contributed by atoms with Crippen molar-refractivity contribution < 1.29 is 4.74 Å². The SMILES string of the molecule is COc1nncc2c1cnn2Cc1ccccc1. The fourth-order valence-corrected chi connectivity index (χ4v) is 1.92. The van der Waals surface area contributed by atoms with E-state index in [-0.39, 0.29) is 0 Å². The molecular weight excluding hydrogens is 228 g/mol. The minimum atomic E-state index is 0.506. The fourth-order valence-electron chi connectivity index (χ4n) is 1.92. The van der Waals surface area contributed by atoms with E-state index in [1.165, 1.54) is 5.56 Å². The monoisotopic (exact) mass is 240 g/mol. The van der Waals surface area contributed by atoms with Gasteiger partial charge in [-0.25, -0.2) is 0 Å². The summed E-state index contributed by atoms with van der Waals surface area (Å²) in [6.45, 7) is 0.708. The zero-order valence-corrected chi connectivity index (χ0v) is 9.95. The zero-order chi connectivity index (χ0) is 12.4. The smallest absolute Gasteiger partial charge is 0.244 e. The quantitative estimate of drug-likeness (QED) is 0.701. The number of rotatable bonds is 3. The maximum absolute atomic E-state index is 5.16. The number of fused-ring (bicyclic) bond motifs is 1. The molecule has 0 bridgehead atoms. The Balaban J connectivity index is 2.03. The number of hydrogen-bond acceptors (Lipinski definition) is 4. The van der Waals surface area contributed by atoms with Crippen LogP contribution in [0.15, 0.2) is 42.7 Å². The van der Waals surface area contributed by atoms with E-state index in [9.17, 15) is 0 Å². The molecule has 2 heterocycles. The van der Waals surface area contributed by atoms with Crippen molar-refractivity contribution in [2.75, 3.05) is 7.11 Å². The van der Waals surface area contributed by atoms with Gasteiger partial charge < -0.3 is 4.74 Å². The van der Waals surface area contributed by atoms with E-state index in [4.69, 9.17) is 4.74 Å². The molecule has 5 heteroatoms. The zero-order valence-electron chi connectivity index (χ0n) is 9.95. The van der Waals surface area contributed by atoms with Gasteiger partial charge in [0.05, 0.1) is 37.0 Å². The molecule has 3 aromatic rings. The van der Waals surface area contributed by atoms with Crippen LogP contribution >= 0.6 is 0 Å². The van der Waals surface area contributed by atoms with Gasteiger partial charge in [-0.15, -0.1) is 5.10 Å². The van der Waals surface area contributed by atoms with Crippen LogP contribution in [0.4, 0.5) is 0 Å². The average Bonchev–Trinajstić information content (AvgIpc) is 2.83. The molecule has 0 aliphatic heterocycles. The maximum atomic E-state index is 5.16. The van der Waals surface area contributed by atoms with Crippen LogP contribution in [0.1, 0.15) is 5.56 Å². The number of ether oxygens (including phenoxy) is 1. The van der Waals surface area contributed by atoms with Crippen LogP contribution in [-0.2, 0) is 6.54 Å². The third kappa shape index (κ3) is 1.79. The summed E-state index contributed by atoms with van der Waals surface area (Å²) in [5.74, 6) is 0.506. The number of nitrogens with zero attached hydrogens (tertiary/aromatic N) is 4. The molecule has 90 valence electrons. The van der Waals surface area contributed by atoms with Crippen molar-refractivity contribution in [2.45, 2.75) is 6.54 Å². The fraction of sp³-hybridized carbons (Fsp3) is 0.154. The van der Waals surface area contributed by atoms with Crippen LogP contribution in [0.5, 0.6) is 5.88 Å². The van der Waals surface area contributed by atoms with Gasteiger partial charge in [0.2, 0.25) is 5.88 Å². The van der Waals surface area contributed by atoms with Gasteiger partial charge in [0.1, 0.15) is 0 Å². The van der Waals surface area contributed by atoms with Gasteiger partial charge in [0, 0.05) is 0 Å². The predicted molar refractivity (Wildman–Crippen MR) is 67.4 cm³/mol. The highest BCUT2D eigenvalue weighted by Crippen LogP contribution is 2.21. The highest BCUT2D eigenvalue weighted by molar-refractivity contribution is 5.82. The Labute approximate surface area is 104 Å². The molecule has 0 spiro atoms. The summed E-state index contributed by atoms with van der Waals surface area (Å²) in [4.78, 5) is 0. The Kier molecular flexibility index (Phi) is 2.64. The second-order valence-electron chi connectivity index (χ2n) is 3.94. The van der Waals surface area contributed by atoms with Crippen LogP contribution in [-0.4, -0.2) is 27.1 Å². The average molecular weight is 240 g/mol. The van der Waals surface area contributed by atoms with Crippen LogP contribution in [0.3, 0.4) is 0 Å². The Hall–Kier alpha value is -2.43. The summed E-state index contributed by atoms with van der Waals surface area (Å²) in [5.41, 5.74) is 2.11. The lowest BCUT2D eigenvalue weighted by atomic mass is 10.2. The van der Waals surface area contributed by atoms with Crippen molar-refractivity contribution in [3.8, 4) is 5.88 Å². The lowest BCUT2D eigenvalue weighted by Gasteiger charge is -2.04. The summed E-state index contributed by atoms with van der Waals surface area (Å²) < 4.78 is 7.05. The molecule has 1 aromatic carbocycles. The first-order valence-corrected chi connectivity index (χ1v) is 5.63. The van der Waals surface area contributed by atoms with Crippen LogP contribution < -0.4 is 4.74 Å². The van der Waals surface area contributed by atoms with Crippen molar-refractivity contribution in [3.63, 3.8) is 0 Å². The normalized spacial score (nSPS) is 10.7.